The van der Waals surface area contributed by atoms with Crippen molar-refractivity contribution in [1.29, 1.82) is 0 Å². The number of benzene rings is 2. The third-order valence-electron chi connectivity index (χ3n) is 5.97. The molecule has 5 rings (SSSR count). The van der Waals surface area contributed by atoms with E-state index in [0.29, 0.717) is 29.6 Å². The fraction of sp³-hybridized carbons (Fsp3) is 0.292. The van der Waals surface area contributed by atoms with Crippen LogP contribution in [0.1, 0.15) is 18.1 Å². The molecule has 3 heterocycles. The van der Waals surface area contributed by atoms with Crippen LogP contribution in [0.3, 0.4) is 0 Å². The number of hydrogen-bond acceptors (Lipinski definition) is 4. The van der Waals surface area contributed by atoms with E-state index in [2.05, 4.69) is 43.0 Å². The van der Waals surface area contributed by atoms with E-state index in [0.717, 1.165) is 17.8 Å². The third kappa shape index (κ3) is 3.17. The van der Waals surface area contributed by atoms with Gasteiger partial charge in [-0.25, -0.2) is 4.79 Å². The van der Waals surface area contributed by atoms with Crippen LogP contribution in [-0.4, -0.2) is 25.2 Å². The summed E-state index contributed by atoms with van der Waals surface area (Å²) in [7, 11) is 1.68. The molecule has 0 bridgehead atoms. The summed E-state index contributed by atoms with van der Waals surface area (Å²) < 4.78 is 4.78. The number of rotatable bonds is 3. The Morgan fingerprint density at radius 3 is 2.42 bits per heavy atom. The number of aryl methyl sites for hydroxylation is 2. The summed E-state index contributed by atoms with van der Waals surface area (Å²) in [6, 6.07) is 17.9. The predicted octanol–water partition coefficient (Wildman–Crippen LogP) is 3.04. The van der Waals surface area contributed by atoms with Crippen LogP contribution in [0.4, 0.5) is 11.6 Å². The lowest BCUT2D eigenvalue weighted by Crippen LogP contribution is -2.40. The molecule has 31 heavy (non-hydrogen) atoms. The molecule has 0 spiro atoms. The Morgan fingerprint density at radius 1 is 1.00 bits per heavy atom. The molecule has 7 nitrogen and oxygen atoms in total. The molecule has 1 atom stereocenters. The van der Waals surface area contributed by atoms with E-state index in [4.69, 9.17) is 4.98 Å². The van der Waals surface area contributed by atoms with Gasteiger partial charge in [0.1, 0.15) is 0 Å². The van der Waals surface area contributed by atoms with Crippen molar-refractivity contribution in [2.75, 3.05) is 11.4 Å². The molecule has 4 aromatic rings. The molecule has 158 valence electrons. The molecule has 7 heteroatoms. The maximum atomic E-state index is 13.5. The van der Waals surface area contributed by atoms with Crippen molar-refractivity contribution < 1.29 is 0 Å². The number of fused-ring (bicyclic) bond motifs is 3. The fourth-order valence-electron chi connectivity index (χ4n) is 4.35. The Labute approximate surface area is 179 Å². The van der Waals surface area contributed by atoms with E-state index < -0.39 is 0 Å². The van der Waals surface area contributed by atoms with Crippen molar-refractivity contribution in [3.05, 3.63) is 86.6 Å². The highest BCUT2D eigenvalue weighted by molar-refractivity contribution is 5.77. The number of imidazole rings is 1. The summed E-state index contributed by atoms with van der Waals surface area (Å²) in [5.74, 6) is 1.03. The van der Waals surface area contributed by atoms with E-state index in [-0.39, 0.29) is 17.8 Å². The Balaban J connectivity index is 1.73. The van der Waals surface area contributed by atoms with Crippen LogP contribution >= 0.6 is 0 Å². The van der Waals surface area contributed by atoms with Gasteiger partial charge in [0.25, 0.3) is 5.56 Å². The molecular formula is C24H25N5O2. The number of hydrogen-bond donors (Lipinski definition) is 0. The largest absolute Gasteiger partial charge is 0.332 e. The highest BCUT2D eigenvalue weighted by Crippen LogP contribution is 2.32. The molecule has 2 aromatic carbocycles. The van der Waals surface area contributed by atoms with Crippen molar-refractivity contribution in [3.8, 4) is 0 Å². The molecular weight excluding hydrogens is 390 g/mol. The molecule has 0 fully saturated rings. The topological polar surface area (TPSA) is 65.1 Å². The maximum absolute atomic E-state index is 13.5. The van der Waals surface area contributed by atoms with Gasteiger partial charge in [0.15, 0.2) is 11.2 Å². The molecule has 0 unspecified atom stereocenters. The highest BCUT2D eigenvalue weighted by atomic mass is 16.2. The van der Waals surface area contributed by atoms with Crippen molar-refractivity contribution in [1.82, 2.24) is 18.7 Å². The van der Waals surface area contributed by atoms with E-state index in [1.807, 2.05) is 34.9 Å². The van der Waals surface area contributed by atoms with Crippen LogP contribution in [0.2, 0.25) is 0 Å². The van der Waals surface area contributed by atoms with Gasteiger partial charge in [-0.3, -0.25) is 13.9 Å². The predicted molar refractivity (Wildman–Crippen MR) is 122 cm³/mol. The first-order chi connectivity index (χ1) is 14.9. The summed E-state index contributed by atoms with van der Waals surface area (Å²) in [4.78, 5) is 33.5. The van der Waals surface area contributed by atoms with Gasteiger partial charge in [-0.2, -0.15) is 4.98 Å². The second-order valence-corrected chi connectivity index (χ2v) is 8.46. The summed E-state index contributed by atoms with van der Waals surface area (Å²) in [6.45, 7) is 5.95. The zero-order valence-electron chi connectivity index (χ0n) is 17.9. The van der Waals surface area contributed by atoms with Gasteiger partial charge < -0.3 is 9.47 Å². The SMILES string of the molecule is Cc1ccc(N2C[C@H](C)Cn3c2nc2c3c(=O)n(Cc3ccccc3)c(=O)n2C)cc1. The third-order valence-corrected chi connectivity index (χ3v) is 5.97. The van der Waals surface area contributed by atoms with Gasteiger partial charge in [-0.1, -0.05) is 55.0 Å². The zero-order chi connectivity index (χ0) is 21.7. The second-order valence-electron chi connectivity index (χ2n) is 8.46. The average molecular weight is 415 g/mol. The summed E-state index contributed by atoms with van der Waals surface area (Å²) in [5, 5.41) is 0. The van der Waals surface area contributed by atoms with Crippen molar-refractivity contribution in [2.45, 2.75) is 26.9 Å². The van der Waals surface area contributed by atoms with E-state index in [1.54, 1.807) is 7.05 Å². The van der Waals surface area contributed by atoms with Crippen LogP contribution < -0.4 is 16.1 Å². The molecule has 1 aliphatic heterocycles. The Hall–Kier alpha value is -3.61. The van der Waals surface area contributed by atoms with Crippen LogP contribution in [0, 0.1) is 12.8 Å². The number of aromatic nitrogens is 4. The molecule has 2 aromatic heterocycles. The van der Waals surface area contributed by atoms with Gasteiger partial charge in [-0.05, 0) is 30.5 Å². The second kappa shape index (κ2) is 7.27. The number of anilines is 2. The minimum atomic E-state index is -0.355. The van der Waals surface area contributed by atoms with Crippen molar-refractivity contribution >= 4 is 22.8 Å². The Bertz CT molecular complexity index is 1380. The van der Waals surface area contributed by atoms with E-state index in [1.165, 1.54) is 14.7 Å². The highest BCUT2D eigenvalue weighted by Gasteiger charge is 2.29. The standard InChI is InChI=1S/C24H25N5O2/c1-16-9-11-19(12-10-16)27-13-17(2)14-28-20-21(25-23(27)28)26(3)24(31)29(22(20)30)15-18-7-5-4-6-8-18/h4-12,17H,13-15H2,1-3H3/t17-/m0/s1. The summed E-state index contributed by atoms with van der Waals surface area (Å²) >= 11 is 0. The molecule has 0 saturated carbocycles. The minimum Gasteiger partial charge on any atom is -0.312 e. The molecule has 0 N–H and O–H groups in total. The van der Waals surface area contributed by atoms with Gasteiger partial charge in [-0.15, -0.1) is 0 Å². The van der Waals surface area contributed by atoms with Crippen LogP contribution in [-0.2, 0) is 20.1 Å². The van der Waals surface area contributed by atoms with Gasteiger partial charge in [0.05, 0.1) is 6.54 Å². The normalized spacial score (nSPS) is 16.0. The van der Waals surface area contributed by atoms with Gasteiger partial charge in [0, 0.05) is 25.8 Å². The maximum Gasteiger partial charge on any atom is 0.332 e. The number of nitrogens with zero attached hydrogens (tertiary/aromatic N) is 5. The summed E-state index contributed by atoms with van der Waals surface area (Å²) in [6.07, 6.45) is 0. The van der Waals surface area contributed by atoms with Crippen molar-refractivity contribution in [2.24, 2.45) is 13.0 Å². The lowest BCUT2D eigenvalue weighted by atomic mass is 10.1. The lowest BCUT2D eigenvalue weighted by Gasteiger charge is -2.33. The molecule has 0 radical (unpaired) electrons. The minimum absolute atomic E-state index is 0.236. The lowest BCUT2D eigenvalue weighted by molar-refractivity contribution is 0.458. The van der Waals surface area contributed by atoms with E-state index in [9.17, 15) is 9.59 Å². The average Bonchev–Trinajstić information content (AvgIpc) is 3.15. The van der Waals surface area contributed by atoms with Crippen molar-refractivity contribution in [3.63, 3.8) is 0 Å². The van der Waals surface area contributed by atoms with Crippen LogP contribution in [0.15, 0.2) is 64.2 Å². The summed E-state index contributed by atoms with van der Waals surface area (Å²) in [5.41, 5.74) is 3.40. The van der Waals surface area contributed by atoms with E-state index >= 15 is 0 Å². The zero-order valence-corrected chi connectivity index (χ0v) is 17.9. The smallest absolute Gasteiger partial charge is 0.312 e. The Kier molecular flexibility index (Phi) is 4.54. The monoisotopic (exact) mass is 415 g/mol. The Morgan fingerprint density at radius 2 is 1.71 bits per heavy atom. The first-order valence-corrected chi connectivity index (χ1v) is 10.5. The quantitative estimate of drug-likeness (QED) is 0.516. The molecule has 0 amide bonds. The first kappa shape index (κ1) is 19.4. The first-order valence-electron chi connectivity index (χ1n) is 10.5. The fourth-order valence-corrected chi connectivity index (χ4v) is 4.35. The van der Waals surface area contributed by atoms with Gasteiger partial charge >= 0.3 is 5.69 Å². The molecule has 0 saturated heterocycles. The van der Waals surface area contributed by atoms with Gasteiger partial charge in [0.2, 0.25) is 5.95 Å². The molecule has 1 aliphatic rings. The van der Waals surface area contributed by atoms with Crippen LogP contribution in [0.25, 0.3) is 11.2 Å². The van der Waals surface area contributed by atoms with Crippen LogP contribution in [0.5, 0.6) is 0 Å². The molecule has 0 aliphatic carbocycles.